The third-order valence-electron chi connectivity index (χ3n) is 3.55. The minimum Gasteiger partial charge on any atom is -0.302 e. The Balaban J connectivity index is 0.000000177. The van der Waals surface area contributed by atoms with Gasteiger partial charge >= 0.3 is 0 Å². The van der Waals surface area contributed by atoms with E-state index in [9.17, 15) is 4.21 Å². The molecule has 0 aliphatic carbocycles. The highest BCUT2D eigenvalue weighted by atomic mass is 32.8. The third kappa shape index (κ3) is 5.27. The van der Waals surface area contributed by atoms with E-state index in [1.54, 1.807) is 24.3 Å². The zero-order valence-electron chi connectivity index (χ0n) is 13.7. The first-order valence-corrected chi connectivity index (χ1v) is 9.97. The van der Waals surface area contributed by atoms with E-state index >= 15 is 0 Å². The van der Waals surface area contributed by atoms with Gasteiger partial charge in [0.05, 0.1) is 4.90 Å². The van der Waals surface area contributed by atoms with Crippen molar-refractivity contribution < 1.29 is 8.76 Å². The molecule has 3 aromatic rings. The van der Waals surface area contributed by atoms with Crippen LogP contribution in [0.3, 0.4) is 0 Å². The van der Waals surface area contributed by atoms with Gasteiger partial charge in [0.2, 0.25) is 0 Å². The second-order valence-electron chi connectivity index (χ2n) is 5.47. The molecule has 0 radical (unpaired) electrons. The van der Waals surface area contributed by atoms with Crippen LogP contribution >= 0.6 is 0 Å². The molecule has 0 spiro atoms. The van der Waals surface area contributed by atoms with Crippen LogP contribution in [0.2, 0.25) is 0 Å². The van der Waals surface area contributed by atoms with Gasteiger partial charge in [-0.05, 0) is 42.7 Å². The van der Waals surface area contributed by atoms with Crippen LogP contribution in [0.15, 0.2) is 83.8 Å². The summed E-state index contributed by atoms with van der Waals surface area (Å²) in [5, 5.41) is 0. The average Bonchev–Trinajstić information content (AvgIpc) is 2.56. The molecule has 0 aliphatic heterocycles. The van der Waals surface area contributed by atoms with Crippen molar-refractivity contribution in [1.82, 2.24) is 0 Å². The highest BCUT2D eigenvalue weighted by Gasteiger charge is 2.02. The van der Waals surface area contributed by atoms with E-state index in [-0.39, 0.29) is 0 Å². The van der Waals surface area contributed by atoms with Gasteiger partial charge in [0.25, 0.3) is 0 Å². The van der Waals surface area contributed by atoms with Gasteiger partial charge in [0.15, 0.2) is 8.77 Å². The highest BCUT2D eigenvalue weighted by molar-refractivity contribution is 8.29. The lowest BCUT2D eigenvalue weighted by Gasteiger charge is -2.04. The predicted octanol–water partition coefficient (Wildman–Crippen LogP) is 5.24. The lowest BCUT2D eigenvalue weighted by molar-refractivity contribution is 0.561. The van der Waals surface area contributed by atoms with Crippen molar-refractivity contribution in [2.24, 2.45) is 0 Å². The predicted molar refractivity (Wildman–Crippen MR) is 104 cm³/mol. The van der Waals surface area contributed by atoms with E-state index in [4.69, 9.17) is 4.55 Å². The Morgan fingerprint density at radius 1 is 0.792 bits per heavy atom. The van der Waals surface area contributed by atoms with Crippen molar-refractivity contribution in [3.8, 4) is 11.1 Å². The second kappa shape index (κ2) is 8.20. The normalized spacial score (nSPS) is 12.6. The van der Waals surface area contributed by atoms with Crippen molar-refractivity contribution in [3.63, 3.8) is 0 Å². The molecule has 0 aliphatic rings. The fraction of sp³-hybridized carbons (Fsp3) is 0.100. The zero-order valence-corrected chi connectivity index (χ0v) is 15.3. The molecule has 0 heterocycles. The lowest BCUT2D eigenvalue weighted by Crippen LogP contribution is -1.95. The minimum absolute atomic E-state index is 0.304. The molecule has 4 heteroatoms. The topological polar surface area (TPSA) is 37.3 Å². The second-order valence-corrected chi connectivity index (χ2v) is 8.25. The summed E-state index contributed by atoms with van der Waals surface area (Å²) in [5.74, 6) is 0. The van der Waals surface area contributed by atoms with Gasteiger partial charge in [-0.3, -0.25) is 0 Å². The molecule has 1 unspecified atom stereocenters. The third-order valence-corrected chi connectivity index (χ3v) is 4.99. The van der Waals surface area contributed by atoms with Gasteiger partial charge in [-0.1, -0.05) is 72.3 Å². The summed E-state index contributed by atoms with van der Waals surface area (Å²) in [6.45, 7) is 4.05. The van der Waals surface area contributed by atoms with Crippen molar-refractivity contribution in [1.29, 1.82) is 0 Å². The Morgan fingerprint density at radius 3 is 1.88 bits per heavy atom. The first kappa shape index (κ1) is 18.3. The van der Waals surface area contributed by atoms with Gasteiger partial charge in [-0.15, -0.1) is 0 Å². The van der Waals surface area contributed by atoms with Crippen LogP contribution in [0.4, 0.5) is 0 Å². The fourth-order valence-electron chi connectivity index (χ4n) is 2.22. The van der Waals surface area contributed by atoms with E-state index in [0.29, 0.717) is 4.90 Å². The molecule has 0 amide bonds. The van der Waals surface area contributed by atoms with Gasteiger partial charge in [-0.2, -0.15) is 0 Å². The van der Waals surface area contributed by atoms with E-state index < -0.39 is 8.77 Å². The smallest absolute Gasteiger partial charge is 0.171 e. The van der Waals surface area contributed by atoms with Gasteiger partial charge in [0.1, 0.15) is 0 Å². The number of rotatable bonds is 2. The first-order valence-electron chi connectivity index (χ1n) is 7.53. The van der Waals surface area contributed by atoms with Crippen LogP contribution in [0, 0.1) is 13.8 Å². The average molecular weight is 357 g/mol. The van der Waals surface area contributed by atoms with E-state index in [1.807, 2.05) is 13.0 Å². The minimum atomic E-state index is -3.19. The summed E-state index contributed by atoms with van der Waals surface area (Å²) in [4.78, 5) is 0.304. The molecule has 124 valence electrons. The maximum absolute atomic E-state index is 10.9. The van der Waals surface area contributed by atoms with Gasteiger partial charge in [0, 0.05) is 11.2 Å². The number of aryl methyl sites for hydroxylation is 2. The van der Waals surface area contributed by atoms with Crippen molar-refractivity contribution in [2.75, 3.05) is 0 Å². The van der Waals surface area contributed by atoms with Crippen LogP contribution < -0.4 is 0 Å². The van der Waals surface area contributed by atoms with Crippen LogP contribution in [0.1, 0.15) is 11.1 Å². The number of benzene rings is 3. The molecule has 0 aromatic heterocycles. The van der Waals surface area contributed by atoms with Crippen LogP contribution in [-0.2, 0) is 20.0 Å². The van der Waals surface area contributed by atoms with E-state index in [2.05, 4.69) is 66.6 Å². The van der Waals surface area contributed by atoms with Gasteiger partial charge < -0.3 is 4.55 Å². The summed E-state index contributed by atoms with van der Waals surface area (Å²) in [7, 11) is -3.19. The first-order chi connectivity index (χ1) is 11.4. The highest BCUT2D eigenvalue weighted by Crippen LogP contribution is 2.21. The summed E-state index contributed by atoms with van der Waals surface area (Å²) in [6, 6.07) is 25.6. The van der Waals surface area contributed by atoms with Crippen molar-refractivity contribution in [2.45, 2.75) is 18.7 Å². The Kier molecular flexibility index (Phi) is 6.26. The maximum Gasteiger partial charge on any atom is 0.171 e. The fourth-order valence-corrected chi connectivity index (χ4v) is 3.04. The Labute approximate surface area is 148 Å². The molecule has 0 bridgehead atoms. The van der Waals surface area contributed by atoms with E-state index in [0.717, 1.165) is 5.56 Å². The Hall–Kier alpha value is -2.01. The van der Waals surface area contributed by atoms with Gasteiger partial charge in [-0.25, -0.2) is 4.21 Å². The van der Waals surface area contributed by atoms with E-state index in [1.165, 1.54) is 16.7 Å². The Morgan fingerprint density at radius 2 is 1.33 bits per heavy atom. The SMILES string of the molecule is Cc1ccc(S(=O)(O)=S)cc1.Cc1ccccc1-c1ccccc1. The van der Waals surface area contributed by atoms with Crippen molar-refractivity contribution >= 4 is 20.0 Å². The summed E-state index contributed by atoms with van der Waals surface area (Å²) < 4.78 is 19.8. The van der Waals surface area contributed by atoms with Crippen molar-refractivity contribution in [3.05, 3.63) is 90.0 Å². The molecule has 24 heavy (non-hydrogen) atoms. The summed E-state index contributed by atoms with van der Waals surface area (Å²) >= 11 is 4.38. The molecule has 0 fully saturated rings. The van der Waals surface area contributed by atoms with Crippen LogP contribution in [0.25, 0.3) is 11.1 Å². The molecule has 1 N–H and O–H groups in total. The molecule has 0 saturated heterocycles. The summed E-state index contributed by atoms with van der Waals surface area (Å²) in [6.07, 6.45) is 0. The standard InChI is InChI=1S/C13H12.C7H8O2S2/c1-11-7-5-6-10-13(11)12-8-3-2-4-9-12;1-6-2-4-7(5-3-6)11(8,9)10/h2-10H,1H3;2-5H,1H3,(H,8,9,10). The van der Waals surface area contributed by atoms with Crippen LogP contribution in [-0.4, -0.2) is 8.76 Å². The number of hydrogen-bond acceptors (Lipinski definition) is 2. The Bertz CT molecular complexity index is 884. The quantitative estimate of drug-likeness (QED) is 0.683. The largest absolute Gasteiger partial charge is 0.302 e. The molecule has 3 aromatic carbocycles. The molecule has 3 rings (SSSR count). The zero-order chi connectivity index (χ0) is 17.6. The molecule has 2 nitrogen and oxygen atoms in total. The molecular formula is C20H20O2S2. The molecule has 1 atom stereocenters. The summed E-state index contributed by atoms with van der Waals surface area (Å²) in [5.41, 5.74) is 4.99. The molecular weight excluding hydrogens is 336 g/mol. The molecule has 0 saturated carbocycles. The maximum atomic E-state index is 10.9. The number of hydrogen-bond donors (Lipinski definition) is 1. The monoisotopic (exact) mass is 356 g/mol. The van der Waals surface area contributed by atoms with Crippen LogP contribution in [0.5, 0.6) is 0 Å². The lowest BCUT2D eigenvalue weighted by atomic mass is 10.0.